The second-order valence-electron chi connectivity index (χ2n) is 3.20. The lowest BCUT2D eigenvalue weighted by Crippen LogP contribution is -2.32. The third kappa shape index (κ3) is 2.95. The fourth-order valence-corrected chi connectivity index (χ4v) is 1.57. The largest absolute Gasteiger partial charge is 0.488 e. The van der Waals surface area contributed by atoms with Gasteiger partial charge in [-0.15, -0.1) is 0 Å². The predicted molar refractivity (Wildman–Crippen MR) is 59.5 cm³/mol. The summed E-state index contributed by atoms with van der Waals surface area (Å²) in [6.45, 7) is 0. The lowest BCUT2D eigenvalue weighted by molar-refractivity contribution is 0.426. The predicted octanol–water partition coefficient (Wildman–Crippen LogP) is -1.24. The summed E-state index contributed by atoms with van der Waals surface area (Å²) in [7, 11) is -3.53. The molecule has 0 radical (unpaired) electrons. The molecule has 0 spiro atoms. The van der Waals surface area contributed by atoms with Crippen molar-refractivity contribution in [2.45, 2.75) is 0 Å². The molecule has 0 atom stereocenters. The Kier molecular flexibility index (Phi) is 3.38. The van der Waals surface area contributed by atoms with Crippen LogP contribution in [0.25, 0.3) is 0 Å². The Balaban J connectivity index is 3.11. The Bertz CT molecular complexity index is 446. The summed E-state index contributed by atoms with van der Waals surface area (Å²) in [6, 6.07) is 6.05. The van der Waals surface area contributed by atoms with E-state index in [4.69, 9.17) is 10.0 Å². The van der Waals surface area contributed by atoms with Gasteiger partial charge in [0, 0.05) is 7.05 Å². The standard InChI is InChI=1S/C8H12BNO4S/c1-10(15(2,13)14)8-5-3-4-7(6-8)9(11)12/h3-6,11-12H,1-2H3. The fraction of sp³-hybridized carbons (Fsp3) is 0.250. The van der Waals surface area contributed by atoms with Gasteiger partial charge in [0.05, 0.1) is 11.9 Å². The molecule has 1 rings (SSSR count). The van der Waals surface area contributed by atoms with E-state index in [9.17, 15) is 8.42 Å². The topological polar surface area (TPSA) is 77.8 Å². The average Bonchev–Trinajstić information content (AvgIpc) is 2.15. The van der Waals surface area contributed by atoms with E-state index in [-0.39, 0.29) is 5.46 Å². The van der Waals surface area contributed by atoms with Crippen LogP contribution < -0.4 is 9.77 Å². The highest BCUT2D eigenvalue weighted by Gasteiger charge is 2.15. The van der Waals surface area contributed by atoms with E-state index >= 15 is 0 Å². The maximum absolute atomic E-state index is 11.2. The Morgan fingerprint density at radius 3 is 2.40 bits per heavy atom. The van der Waals surface area contributed by atoms with Crippen molar-refractivity contribution >= 4 is 28.3 Å². The number of hydrogen-bond donors (Lipinski definition) is 2. The lowest BCUT2D eigenvalue weighted by atomic mass is 9.80. The zero-order valence-corrected chi connectivity index (χ0v) is 9.27. The van der Waals surface area contributed by atoms with Crippen molar-refractivity contribution in [2.24, 2.45) is 0 Å². The number of hydrogen-bond acceptors (Lipinski definition) is 4. The number of benzene rings is 1. The SMILES string of the molecule is CN(c1cccc(B(O)O)c1)S(C)(=O)=O. The molecule has 2 N–H and O–H groups in total. The van der Waals surface area contributed by atoms with Gasteiger partial charge in [-0.3, -0.25) is 4.31 Å². The van der Waals surface area contributed by atoms with Crippen LogP contribution in [0.2, 0.25) is 0 Å². The smallest absolute Gasteiger partial charge is 0.423 e. The van der Waals surface area contributed by atoms with E-state index < -0.39 is 17.1 Å². The zero-order chi connectivity index (χ0) is 11.6. The zero-order valence-electron chi connectivity index (χ0n) is 8.45. The van der Waals surface area contributed by atoms with Crippen LogP contribution in [0, 0.1) is 0 Å². The molecule has 0 aliphatic carbocycles. The molecule has 5 nitrogen and oxygen atoms in total. The van der Waals surface area contributed by atoms with Crippen molar-refractivity contribution in [1.29, 1.82) is 0 Å². The fourth-order valence-electron chi connectivity index (χ4n) is 1.07. The van der Waals surface area contributed by atoms with Gasteiger partial charge in [-0.05, 0) is 17.6 Å². The van der Waals surface area contributed by atoms with Crippen LogP contribution in [-0.4, -0.2) is 38.9 Å². The minimum Gasteiger partial charge on any atom is -0.423 e. The van der Waals surface area contributed by atoms with Gasteiger partial charge >= 0.3 is 7.12 Å². The van der Waals surface area contributed by atoms with E-state index in [1.54, 1.807) is 12.1 Å². The van der Waals surface area contributed by atoms with Gasteiger partial charge in [0.2, 0.25) is 10.0 Å². The molecule has 0 heterocycles. The van der Waals surface area contributed by atoms with Crippen LogP contribution in [0.3, 0.4) is 0 Å². The van der Waals surface area contributed by atoms with E-state index in [0.717, 1.165) is 10.6 Å². The molecule has 0 aliphatic rings. The summed E-state index contributed by atoms with van der Waals surface area (Å²) in [6.07, 6.45) is 1.08. The minimum absolute atomic E-state index is 0.253. The summed E-state index contributed by atoms with van der Waals surface area (Å²) in [4.78, 5) is 0. The van der Waals surface area contributed by atoms with E-state index in [0.29, 0.717) is 5.69 Å². The highest BCUT2D eigenvalue weighted by Crippen LogP contribution is 2.12. The molecular weight excluding hydrogens is 217 g/mol. The Hall–Kier alpha value is -1.05. The molecule has 0 saturated heterocycles. The number of sulfonamides is 1. The monoisotopic (exact) mass is 229 g/mol. The van der Waals surface area contributed by atoms with Crippen molar-refractivity contribution in [3.05, 3.63) is 24.3 Å². The molecule has 0 aromatic heterocycles. The highest BCUT2D eigenvalue weighted by atomic mass is 32.2. The van der Waals surface area contributed by atoms with Crippen molar-refractivity contribution < 1.29 is 18.5 Å². The van der Waals surface area contributed by atoms with Gasteiger partial charge in [-0.1, -0.05) is 12.1 Å². The van der Waals surface area contributed by atoms with Crippen LogP contribution in [0.15, 0.2) is 24.3 Å². The van der Waals surface area contributed by atoms with Crippen molar-refractivity contribution in [3.8, 4) is 0 Å². The summed E-state index contributed by atoms with van der Waals surface area (Å²) < 4.78 is 23.5. The molecule has 0 fully saturated rings. The van der Waals surface area contributed by atoms with Gasteiger partial charge in [-0.25, -0.2) is 8.42 Å². The molecular formula is C8H12BNO4S. The first-order valence-corrected chi connectivity index (χ1v) is 6.07. The molecule has 15 heavy (non-hydrogen) atoms. The van der Waals surface area contributed by atoms with E-state index in [1.807, 2.05) is 0 Å². The van der Waals surface area contributed by atoms with Gasteiger partial charge in [0.1, 0.15) is 0 Å². The van der Waals surface area contributed by atoms with Gasteiger partial charge in [0.25, 0.3) is 0 Å². The van der Waals surface area contributed by atoms with Crippen LogP contribution in [0.5, 0.6) is 0 Å². The summed E-state index contributed by atoms with van der Waals surface area (Å²) in [5.41, 5.74) is 0.645. The number of anilines is 1. The molecule has 7 heteroatoms. The molecule has 1 aromatic rings. The average molecular weight is 229 g/mol. The highest BCUT2D eigenvalue weighted by molar-refractivity contribution is 7.92. The Labute approximate surface area is 89.2 Å². The first kappa shape index (κ1) is 12.0. The third-order valence-electron chi connectivity index (χ3n) is 2.03. The van der Waals surface area contributed by atoms with E-state index in [1.165, 1.54) is 19.2 Å². The van der Waals surface area contributed by atoms with E-state index in [2.05, 4.69) is 0 Å². The summed E-state index contributed by atoms with van der Waals surface area (Å²) in [5, 5.41) is 17.8. The molecule has 0 aliphatic heterocycles. The van der Waals surface area contributed by atoms with Gasteiger partial charge in [-0.2, -0.15) is 0 Å². The second kappa shape index (κ2) is 4.22. The molecule has 0 unspecified atom stereocenters. The second-order valence-corrected chi connectivity index (χ2v) is 5.21. The first-order valence-electron chi connectivity index (χ1n) is 4.22. The van der Waals surface area contributed by atoms with Crippen LogP contribution >= 0.6 is 0 Å². The number of rotatable bonds is 3. The summed E-state index contributed by atoms with van der Waals surface area (Å²) in [5.74, 6) is 0. The summed E-state index contributed by atoms with van der Waals surface area (Å²) >= 11 is 0. The third-order valence-corrected chi connectivity index (χ3v) is 3.24. The van der Waals surface area contributed by atoms with Crippen molar-refractivity contribution in [3.63, 3.8) is 0 Å². The van der Waals surface area contributed by atoms with Gasteiger partial charge in [0.15, 0.2) is 0 Å². The normalized spacial score (nSPS) is 11.2. The van der Waals surface area contributed by atoms with Crippen LogP contribution in [0.4, 0.5) is 5.69 Å². The van der Waals surface area contributed by atoms with Crippen molar-refractivity contribution in [1.82, 2.24) is 0 Å². The van der Waals surface area contributed by atoms with Crippen molar-refractivity contribution in [2.75, 3.05) is 17.6 Å². The van der Waals surface area contributed by atoms with Gasteiger partial charge < -0.3 is 10.0 Å². The Morgan fingerprint density at radius 1 is 1.33 bits per heavy atom. The Morgan fingerprint density at radius 2 is 1.93 bits per heavy atom. The van der Waals surface area contributed by atoms with Crippen LogP contribution in [-0.2, 0) is 10.0 Å². The lowest BCUT2D eigenvalue weighted by Gasteiger charge is -2.17. The van der Waals surface area contributed by atoms with Crippen LogP contribution in [0.1, 0.15) is 0 Å². The molecule has 0 amide bonds. The first-order chi connectivity index (χ1) is 6.82. The molecule has 0 bridgehead atoms. The molecule has 1 aromatic carbocycles. The maximum Gasteiger partial charge on any atom is 0.488 e. The molecule has 82 valence electrons. The molecule has 0 saturated carbocycles. The minimum atomic E-state index is -3.33. The number of nitrogens with zero attached hydrogens (tertiary/aromatic N) is 1. The quantitative estimate of drug-likeness (QED) is 0.635. The maximum atomic E-state index is 11.2.